The maximum Gasteiger partial charge on any atom is 0.00251 e. The maximum atomic E-state index is 3.51. The Bertz CT molecular complexity index is 167. The van der Waals surface area contributed by atoms with Crippen molar-refractivity contribution in [2.75, 3.05) is 32.7 Å². The Morgan fingerprint density at radius 2 is 2.08 bits per heavy atom. The summed E-state index contributed by atoms with van der Waals surface area (Å²) in [5, 5.41) is 3.51. The first-order chi connectivity index (χ1) is 6.25. The molecule has 13 heavy (non-hydrogen) atoms. The summed E-state index contributed by atoms with van der Waals surface area (Å²) in [4.78, 5) is 2.65. The molecule has 76 valence electrons. The Labute approximate surface area is 81.7 Å². The van der Waals surface area contributed by atoms with Crippen LogP contribution in [0.5, 0.6) is 0 Å². The van der Waals surface area contributed by atoms with Crippen LogP contribution in [0.25, 0.3) is 0 Å². The monoisotopic (exact) mass is 182 g/mol. The van der Waals surface area contributed by atoms with E-state index in [4.69, 9.17) is 0 Å². The minimum atomic E-state index is 0.825. The van der Waals surface area contributed by atoms with E-state index in [9.17, 15) is 0 Å². The number of nitrogens with zero attached hydrogens (tertiary/aromatic N) is 1. The summed E-state index contributed by atoms with van der Waals surface area (Å²) in [7, 11) is 0. The highest BCUT2D eigenvalue weighted by Crippen LogP contribution is 2.26. The second kappa shape index (κ2) is 3.97. The van der Waals surface area contributed by atoms with Crippen molar-refractivity contribution in [2.24, 2.45) is 17.8 Å². The van der Waals surface area contributed by atoms with Crippen LogP contribution >= 0.6 is 0 Å². The molecule has 0 saturated carbocycles. The summed E-state index contributed by atoms with van der Waals surface area (Å²) >= 11 is 0. The number of piperidine rings is 1. The van der Waals surface area contributed by atoms with Gasteiger partial charge in [0.15, 0.2) is 0 Å². The number of fused-ring (bicyclic) bond motifs is 1. The van der Waals surface area contributed by atoms with Gasteiger partial charge in [-0.25, -0.2) is 0 Å². The molecule has 0 aromatic carbocycles. The Balaban J connectivity index is 1.83. The largest absolute Gasteiger partial charge is 0.316 e. The summed E-state index contributed by atoms with van der Waals surface area (Å²) in [6, 6.07) is 0. The molecule has 0 radical (unpaired) electrons. The molecule has 1 N–H and O–H groups in total. The van der Waals surface area contributed by atoms with E-state index in [-0.39, 0.29) is 0 Å². The first-order valence-corrected chi connectivity index (χ1v) is 5.69. The second-order valence-corrected chi connectivity index (χ2v) is 5.12. The fourth-order valence-corrected chi connectivity index (χ4v) is 2.79. The van der Waals surface area contributed by atoms with Crippen molar-refractivity contribution in [2.45, 2.75) is 20.3 Å². The molecular weight excluding hydrogens is 160 g/mol. The number of rotatable bonds is 2. The molecule has 0 aromatic rings. The summed E-state index contributed by atoms with van der Waals surface area (Å²) in [6.45, 7) is 11.2. The molecule has 0 spiro atoms. The molecule has 2 heteroatoms. The van der Waals surface area contributed by atoms with Crippen LogP contribution in [0.3, 0.4) is 0 Å². The van der Waals surface area contributed by atoms with Gasteiger partial charge in [0.1, 0.15) is 0 Å². The lowest BCUT2D eigenvalue weighted by atomic mass is 9.88. The third kappa shape index (κ3) is 2.23. The fourth-order valence-electron chi connectivity index (χ4n) is 2.79. The van der Waals surface area contributed by atoms with Crippen molar-refractivity contribution in [3.63, 3.8) is 0 Å². The van der Waals surface area contributed by atoms with Gasteiger partial charge < -0.3 is 10.2 Å². The van der Waals surface area contributed by atoms with Crippen LogP contribution in [0.4, 0.5) is 0 Å². The van der Waals surface area contributed by atoms with Crippen molar-refractivity contribution < 1.29 is 0 Å². The normalized spacial score (nSPS) is 35.3. The van der Waals surface area contributed by atoms with E-state index < -0.39 is 0 Å². The highest BCUT2D eigenvalue weighted by Gasteiger charge is 2.32. The fraction of sp³-hybridized carbons (Fsp3) is 1.00. The van der Waals surface area contributed by atoms with Crippen LogP contribution in [0.15, 0.2) is 0 Å². The third-order valence-electron chi connectivity index (χ3n) is 3.41. The molecule has 2 rings (SSSR count). The minimum Gasteiger partial charge on any atom is -0.316 e. The average molecular weight is 182 g/mol. The zero-order valence-electron chi connectivity index (χ0n) is 8.92. The number of likely N-dealkylation sites (tertiary alicyclic amines) is 1. The number of nitrogens with one attached hydrogen (secondary N) is 1. The quantitative estimate of drug-likeness (QED) is 0.690. The van der Waals surface area contributed by atoms with E-state index in [1.165, 1.54) is 39.1 Å². The van der Waals surface area contributed by atoms with Crippen molar-refractivity contribution >= 4 is 0 Å². The van der Waals surface area contributed by atoms with Gasteiger partial charge in [0.05, 0.1) is 0 Å². The van der Waals surface area contributed by atoms with Crippen LogP contribution in [0, 0.1) is 17.8 Å². The zero-order chi connectivity index (χ0) is 9.26. The Hall–Kier alpha value is -0.0800. The predicted octanol–water partition coefficient (Wildman–Crippen LogP) is 1.18. The summed E-state index contributed by atoms with van der Waals surface area (Å²) < 4.78 is 0. The lowest BCUT2D eigenvalue weighted by molar-refractivity contribution is 0.135. The molecule has 2 aliphatic heterocycles. The van der Waals surface area contributed by atoms with Gasteiger partial charge in [-0.2, -0.15) is 0 Å². The third-order valence-corrected chi connectivity index (χ3v) is 3.41. The Morgan fingerprint density at radius 1 is 1.31 bits per heavy atom. The lowest BCUT2D eigenvalue weighted by Crippen LogP contribution is -2.41. The number of hydrogen-bond acceptors (Lipinski definition) is 2. The number of hydrogen-bond donors (Lipinski definition) is 1. The van der Waals surface area contributed by atoms with Gasteiger partial charge in [-0.1, -0.05) is 13.8 Å². The zero-order valence-corrected chi connectivity index (χ0v) is 8.92. The van der Waals surface area contributed by atoms with Crippen LogP contribution in [0.1, 0.15) is 20.3 Å². The van der Waals surface area contributed by atoms with Gasteiger partial charge in [-0.15, -0.1) is 0 Å². The standard InChI is InChI=1S/C11H22N2/c1-9(2)7-13-4-3-10-5-12-6-11(10)8-13/h9-12H,3-8H2,1-2H3. The molecule has 2 aliphatic rings. The van der Waals surface area contributed by atoms with E-state index in [0.717, 1.165) is 17.8 Å². The van der Waals surface area contributed by atoms with Crippen molar-refractivity contribution in [1.82, 2.24) is 10.2 Å². The summed E-state index contributed by atoms with van der Waals surface area (Å²) in [5.74, 6) is 2.77. The molecular formula is C11H22N2. The van der Waals surface area contributed by atoms with Crippen molar-refractivity contribution in [1.29, 1.82) is 0 Å². The molecule has 2 atom stereocenters. The second-order valence-electron chi connectivity index (χ2n) is 5.12. The molecule has 2 unspecified atom stereocenters. The van der Waals surface area contributed by atoms with Gasteiger partial charge in [-0.3, -0.25) is 0 Å². The van der Waals surface area contributed by atoms with Gasteiger partial charge in [-0.05, 0) is 43.8 Å². The van der Waals surface area contributed by atoms with Crippen LogP contribution in [-0.4, -0.2) is 37.6 Å². The van der Waals surface area contributed by atoms with E-state index >= 15 is 0 Å². The van der Waals surface area contributed by atoms with E-state index in [1.54, 1.807) is 0 Å². The van der Waals surface area contributed by atoms with Crippen LogP contribution in [0.2, 0.25) is 0 Å². The van der Waals surface area contributed by atoms with Gasteiger partial charge in [0.2, 0.25) is 0 Å². The SMILES string of the molecule is CC(C)CN1CCC2CNCC2C1. The average Bonchev–Trinajstić information content (AvgIpc) is 2.49. The van der Waals surface area contributed by atoms with E-state index in [0.29, 0.717) is 0 Å². The Morgan fingerprint density at radius 3 is 2.85 bits per heavy atom. The van der Waals surface area contributed by atoms with Gasteiger partial charge >= 0.3 is 0 Å². The topological polar surface area (TPSA) is 15.3 Å². The molecule has 2 fully saturated rings. The smallest absolute Gasteiger partial charge is 0.00251 e. The Kier molecular flexibility index (Phi) is 2.89. The van der Waals surface area contributed by atoms with E-state index in [1.807, 2.05) is 0 Å². The lowest BCUT2D eigenvalue weighted by Gasteiger charge is -2.35. The predicted molar refractivity (Wildman–Crippen MR) is 55.7 cm³/mol. The van der Waals surface area contributed by atoms with Crippen LogP contribution < -0.4 is 5.32 Å². The van der Waals surface area contributed by atoms with Crippen molar-refractivity contribution in [3.05, 3.63) is 0 Å². The molecule has 2 heterocycles. The molecule has 2 nitrogen and oxygen atoms in total. The summed E-state index contributed by atoms with van der Waals surface area (Å²) in [5.41, 5.74) is 0. The van der Waals surface area contributed by atoms with Crippen molar-refractivity contribution in [3.8, 4) is 0 Å². The van der Waals surface area contributed by atoms with Crippen LogP contribution in [-0.2, 0) is 0 Å². The molecule has 0 aliphatic carbocycles. The van der Waals surface area contributed by atoms with Gasteiger partial charge in [0, 0.05) is 13.1 Å². The maximum absolute atomic E-state index is 3.51. The van der Waals surface area contributed by atoms with Gasteiger partial charge in [0.25, 0.3) is 0 Å². The molecule has 2 saturated heterocycles. The first-order valence-electron chi connectivity index (χ1n) is 5.69. The molecule has 0 amide bonds. The minimum absolute atomic E-state index is 0.825. The molecule has 0 bridgehead atoms. The highest BCUT2D eigenvalue weighted by molar-refractivity contribution is 4.87. The highest BCUT2D eigenvalue weighted by atomic mass is 15.1. The first kappa shape index (κ1) is 9.47. The summed E-state index contributed by atoms with van der Waals surface area (Å²) in [6.07, 6.45) is 1.42. The molecule has 0 aromatic heterocycles. The van der Waals surface area contributed by atoms with E-state index in [2.05, 4.69) is 24.1 Å².